The van der Waals surface area contributed by atoms with E-state index in [-0.39, 0.29) is 31.6 Å². The number of carbonyl (C=O) groups excluding carboxylic acids is 1. The Morgan fingerprint density at radius 3 is 2.00 bits per heavy atom. The van der Waals surface area contributed by atoms with E-state index in [0.717, 1.165) is 16.7 Å². The van der Waals surface area contributed by atoms with Crippen LogP contribution in [0, 0.1) is 6.07 Å². The summed E-state index contributed by atoms with van der Waals surface area (Å²) in [6.45, 7) is 2.85. The zero-order chi connectivity index (χ0) is 20.2. The Morgan fingerprint density at radius 1 is 0.931 bits per heavy atom. The first-order valence-corrected chi connectivity index (χ1v) is 8.84. The van der Waals surface area contributed by atoms with Gasteiger partial charge in [0.15, 0.2) is 5.78 Å². The molecule has 1 N–H and O–H groups in total. The first kappa shape index (κ1) is 24.0. The zero-order valence-corrected chi connectivity index (χ0v) is 18.7. The number of benzene rings is 3. The standard InChI is InChI=1S/C13H10N2.C6H5.C5H8O2.Ir/c1-2-6-11(7-3-1)15-10-14-12-8-4-5-9-13(12)15;1-2-4-6-5-3-1;1-4(6)3-5(2)7;/h1-10H;1-5H;3,6H,1-2H3;/q;-1;;/b;;4-3-;. The van der Waals surface area contributed by atoms with Crippen molar-refractivity contribution >= 4 is 16.8 Å². The molecule has 4 nitrogen and oxygen atoms in total. The summed E-state index contributed by atoms with van der Waals surface area (Å²) in [6, 6.07) is 30.9. The van der Waals surface area contributed by atoms with E-state index in [1.165, 1.54) is 19.9 Å². The van der Waals surface area contributed by atoms with Crippen LogP contribution in [-0.4, -0.2) is 20.4 Å². The van der Waals surface area contributed by atoms with Crippen LogP contribution >= 0.6 is 0 Å². The summed E-state index contributed by atoms with van der Waals surface area (Å²) in [5.74, 6) is -0.0625. The Hall–Kier alpha value is -3.01. The topological polar surface area (TPSA) is 55.1 Å². The quantitative estimate of drug-likeness (QED) is 0.198. The number of nitrogens with zero attached hydrogens (tertiary/aromatic N) is 2. The molecule has 0 saturated carbocycles. The van der Waals surface area contributed by atoms with E-state index < -0.39 is 0 Å². The number of hydrogen-bond acceptors (Lipinski definition) is 3. The molecule has 0 spiro atoms. The summed E-state index contributed by atoms with van der Waals surface area (Å²) >= 11 is 0. The Labute approximate surface area is 184 Å². The van der Waals surface area contributed by atoms with E-state index in [9.17, 15) is 4.79 Å². The second-order valence-corrected chi connectivity index (χ2v) is 5.91. The molecule has 0 aliphatic carbocycles. The number of aliphatic hydroxyl groups excluding tert-OH is 1. The van der Waals surface area contributed by atoms with E-state index in [4.69, 9.17) is 5.11 Å². The summed E-state index contributed by atoms with van der Waals surface area (Å²) in [4.78, 5) is 14.4. The molecule has 0 atom stereocenters. The fourth-order valence-corrected chi connectivity index (χ4v) is 2.39. The van der Waals surface area contributed by atoms with Gasteiger partial charge < -0.3 is 5.11 Å². The molecule has 4 rings (SSSR count). The molecule has 0 aliphatic heterocycles. The van der Waals surface area contributed by atoms with Crippen molar-refractivity contribution in [3.63, 3.8) is 0 Å². The number of rotatable bonds is 2. The van der Waals surface area contributed by atoms with Crippen LogP contribution in [0.3, 0.4) is 0 Å². The van der Waals surface area contributed by atoms with Crippen LogP contribution in [0.15, 0.2) is 103 Å². The minimum absolute atomic E-state index is 0. The van der Waals surface area contributed by atoms with Crippen molar-refractivity contribution in [3.8, 4) is 5.69 Å². The van der Waals surface area contributed by atoms with Crippen LogP contribution < -0.4 is 0 Å². The number of carbonyl (C=O) groups is 1. The van der Waals surface area contributed by atoms with Crippen LogP contribution in [0.5, 0.6) is 0 Å². The van der Waals surface area contributed by atoms with Gasteiger partial charge in [-0.1, -0.05) is 30.3 Å². The monoisotopic (exact) mass is 564 g/mol. The van der Waals surface area contributed by atoms with Gasteiger partial charge in [-0.3, -0.25) is 9.36 Å². The van der Waals surface area contributed by atoms with Crippen LogP contribution in [-0.2, 0) is 24.9 Å². The van der Waals surface area contributed by atoms with Gasteiger partial charge in [-0.05, 0) is 38.1 Å². The number of para-hydroxylation sites is 3. The molecule has 1 heterocycles. The van der Waals surface area contributed by atoms with E-state index in [1.807, 2.05) is 73.1 Å². The van der Waals surface area contributed by atoms with Crippen molar-refractivity contribution in [2.24, 2.45) is 0 Å². The predicted octanol–water partition coefficient (Wildman–Crippen LogP) is 5.55. The van der Waals surface area contributed by atoms with Crippen LogP contribution in [0.2, 0.25) is 0 Å². The van der Waals surface area contributed by atoms with Gasteiger partial charge in [-0.25, -0.2) is 4.98 Å². The molecular weight excluding hydrogens is 540 g/mol. The maximum absolute atomic E-state index is 10.0. The molecule has 1 radical (unpaired) electrons. The first-order valence-electron chi connectivity index (χ1n) is 8.84. The largest absolute Gasteiger partial charge is 0.512 e. The van der Waals surface area contributed by atoms with Crippen LogP contribution in [0.25, 0.3) is 16.7 Å². The van der Waals surface area contributed by atoms with E-state index in [2.05, 4.69) is 33.8 Å². The smallest absolute Gasteiger partial charge is 0.155 e. The average molecular weight is 564 g/mol. The number of hydrogen-bond donors (Lipinski definition) is 1. The number of allylic oxidation sites excluding steroid dienone is 2. The van der Waals surface area contributed by atoms with Crippen molar-refractivity contribution in [1.82, 2.24) is 9.55 Å². The van der Waals surface area contributed by atoms with Crippen molar-refractivity contribution in [1.29, 1.82) is 0 Å². The van der Waals surface area contributed by atoms with Crippen molar-refractivity contribution in [2.45, 2.75) is 13.8 Å². The summed E-state index contributed by atoms with van der Waals surface area (Å²) in [6.07, 6.45) is 3.03. The fraction of sp³-hybridized carbons (Fsp3) is 0.0833. The van der Waals surface area contributed by atoms with Gasteiger partial charge in [-0.2, -0.15) is 36.4 Å². The van der Waals surface area contributed by atoms with Gasteiger partial charge in [0.2, 0.25) is 0 Å². The zero-order valence-electron chi connectivity index (χ0n) is 16.3. The minimum Gasteiger partial charge on any atom is -0.512 e. The van der Waals surface area contributed by atoms with Crippen molar-refractivity contribution < 1.29 is 30.0 Å². The summed E-state index contributed by atoms with van der Waals surface area (Å²) in [5.41, 5.74) is 3.32. The minimum atomic E-state index is -0.125. The Kier molecular flexibility index (Phi) is 10.9. The molecule has 5 heteroatoms. The third kappa shape index (κ3) is 8.69. The normalized spacial score (nSPS) is 9.93. The van der Waals surface area contributed by atoms with Gasteiger partial charge >= 0.3 is 0 Å². The Balaban J connectivity index is 0.000000253. The molecule has 4 aromatic rings. The van der Waals surface area contributed by atoms with E-state index in [0.29, 0.717) is 0 Å². The number of fused-ring (bicyclic) bond motifs is 1. The number of aliphatic hydroxyl groups is 1. The van der Waals surface area contributed by atoms with Crippen LogP contribution in [0.4, 0.5) is 0 Å². The Bertz CT molecular complexity index is 982. The second-order valence-electron chi connectivity index (χ2n) is 5.91. The van der Waals surface area contributed by atoms with Gasteiger partial charge in [-0.15, -0.1) is 0 Å². The Morgan fingerprint density at radius 2 is 1.52 bits per heavy atom. The van der Waals surface area contributed by atoms with E-state index in [1.54, 1.807) is 0 Å². The molecule has 1 aromatic heterocycles. The number of aromatic nitrogens is 2. The predicted molar refractivity (Wildman–Crippen MR) is 113 cm³/mol. The molecule has 0 aliphatic rings. The van der Waals surface area contributed by atoms with E-state index >= 15 is 0 Å². The van der Waals surface area contributed by atoms with Crippen molar-refractivity contribution in [2.75, 3.05) is 0 Å². The second kappa shape index (κ2) is 13.2. The molecule has 151 valence electrons. The van der Waals surface area contributed by atoms with Crippen molar-refractivity contribution in [3.05, 3.63) is 109 Å². The molecule has 0 saturated heterocycles. The molecule has 29 heavy (non-hydrogen) atoms. The molecule has 0 unspecified atom stereocenters. The SMILES string of the molecule is CC(=O)/C=C(/C)O.[Ir].[c-]1ccccc1.c1ccc(-n2cnc3ccccc32)cc1. The molecule has 3 aromatic carbocycles. The molecule has 0 fully saturated rings. The van der Waals surface area contributed by atoms with Gasteiger partial charge in [0.25, 0.3) is 0 Å². The van der Waals surface area contributed by atoms with Gasteiger partial charge in [0, 0.05) is 31.9 Å². The number of ketones is 1. The van der Waals surface area contributed by atoms with Crippen LogP contribution in [0.1, 0.15) is 13.8 Å². The average Bonchev–Trinajstić information content (AvgIpc) is 3.14. The summed E-state index contributed by atoms with van der Waals surface area (Å²) in [7, 11) is 0. The maximum atomic E-state index is 10.0. The molecule has 0 bridgehead atoms. The fourth-order valence-electron chi connectivity index (χ4n) is 2.39. The maximum Gasteiger partial charge on any atom is 0.155 e. The molecular formula is C24H23IrN2O2-. The first-order chi connectivity index (χ1) is 13.6. The van der Waals surface area contributed by atoms with Gasteiger partial charge in [0.1, 0.15) is 6.33 Å². The van der Waals surface area contributed by atoms with Gasteiger partial charge in [0.05, 0.1) is 16.8 Å². The molecule has 0 amide bonds. The summed E-state index contributed by atoms with van der Waals surface area (Å²) in [5, 5.41) is 8.36. The third-order valence-electron chi connectivity index (χ3n) is 3.51. The third-order valence-corrected chi connectivity index (χ3v) is 3.51. The number of imidazole rings is 1. The summed E-state index contributed by atoms with van der Waals surface area (Å²) < 4.78 is 2.09.